The molecule has 146 valence electrons. The summed E-state index contributed by atoms with van der Waals surface area (Å²) < 4.78 is 10.5. The molecule has 1 aromatic heterocycles. The van der Waals surface area contributed by atoms with Crippen LogP contribution < -0.4 is 20.7 Å². The Bertz CT molecular complexity index is 784. The Balaban J connectivity index is 0.00000261. The predicted molar refractivity (Wildman–Crippen MR) is 120 cm³/mol. The molecule has 7 nitrogen and oxygen atoms in total. The lowest BCUT2D eigenvalue weighted by atomic mass is 10.2. The van der Waals surface area contributed by atoms with Gasteiger partial charge in [0.2, 0.25) is 0 Å². The molecule has 27 heavy (non-hydrogen) atoms. The highest BCUT2D eigenvalue weighted by atomic mass is 127. The standard InChI is InChI=1S/C18H22ClN5O2.HI/c1-25-16-5-4-14(11-15(16)19)23-18(20)22-12-13-3-2-6-21-17(13)24-7-9-26-10-8-24;/h2-6,11H,7-10,12H2,1H3,(H3,20,22,23);1H. The van der Waals surface area contributed by atoms with Crippen LogP contribution in [0.15, 0.2) is 41.5 Å². The second-order valence-corrected chi connectivity index (χ2v) is 6.17. The highest BCUT2D eigenvalue weighted by Gasteiger charge is 2.15. The topological polar surface area (TPSA) is 85.0 Å². The Hall–Kier alpha value is -1.78. The molecule has 1 aromatic carbocycles. The van der Waals surface area contributed by atoms with Gasteiger partial charge in [-0.05, 0) is 24.3 Å². The molecule has 1 fully saturated rings. The first kappa shape index (κ1) is 21.5. The van der Waals surface area contributed by atoms with Crippen LogP contribution in [-0.2, 0) is 11.3 Å². The van der Waals surface area contributed by atoms with Gasteiger partial charge in [-0.1, -0.05) is 17.7 Å². The number of hydrogen-bond acceptors (Lipinski definition) is 5. The number of methoxy groups -OCH3 is 1. The van der Waals surface area contributed by atoms with Gasteiger partial charge in [-0.2, -0.15) is 0 Å². The van der Waals surface area contributed by atoms with Crippen molar-refractivity contribution in [3.8, 4) is 5.75 Å². The number of halogens is 2. The second-order valence-electron chi connectivity index (χ2n) is 5.76. The van der Waals surface area contributed by atoms with E-state index in [1.807, 2.05) is 18.2 Å². The third-order valence-electron chi connectivity index (χ3n) is 4.02. The number of nitrogens with one attached hydrogen (secondary N) is 1. The van der Waals surface area contributed by atoms with Gasteiger partial charge >= 0.3 is 0 Å². The number of aliphatic imine (C=N–C) groups is 1. The molecule has 3 N–H and O–H groups in total. The van der Waals surface area contributed by atoms with Gasteiger partial charge in [0.25, 0.3) is 0 Å². The quantitative estimate of drug-likeness (QED) is 0.371. The fourth-order valence-electron chi connectivity index (χ4n) is 2.72. The van der Waals surface area contributed by atoms with E-state index in [0.717, 1.165) is 30.2 Å². The molecule has 9 heteroatoms. The molecule has 0 unspecified atom stereocenters. The summed E-state index contributed by atoms with van der Waals surface area (Å²) in [5, 5.41) is 3.54. The molecule has 0 atom stereocenters. The number of aromatic nitrogens is 1. The third kappa shape index (κ3) is 5.85. The Kier molecular flexibility index (Phi) is 8.39. The van der Waals surface area contributed by atoms with Gasteiger partial charge in [-0.25, -0.2) is 9.98 Å². The van der Waals surface area contributed by atoms with Gasteiger partial charge in [0.15, 0.2) is 5.96 Å². The Labute approximate surface area is 180 Å². The summed E-state index contributed by atoms with van der Waals surface area (Å²) in [5.41, 5.74) is 7.78. The van der Waals surface area contributed by atoms with Crippen molar-refractivity contribution in [1.29, 1.82) is 0 Å². The number of pyridine rings is 1. The molecule has 2 heterocycles. The van der Waals surface area contributed by atoms with Crippen LogP contribution in [0.25, 0.3) is 0 Å². The number of ether oxygens (including phenoxy) is 2. The monoisotopic (exact) mass is 503 g/mol. The Morgan fingerprint density at radius 3 is 2.85 bits per heavy atom. The molecule has 3 rings (SSSR count). The summed E-state index contributed by atoms with van der Waals surface area (Å²) in [6.45, 7) is 3.50. The molecule has 0 spiro atoms. The van der Waals surface area contributed by atoms with Crippen LogP contribution in [0.2, 0.25) is 5.02 Å². The second kappa shape index (κ2) is 10.5. The summed E-state index contributed by atoms with van der Waals surface area (Å²) in [7, 11) is 1.57. The molecule has 1 saturated heterocycles. The van der Waals surface area contributed by atoms with Crippen molar-refractivity contribution in [2.75, 3.05) is 43.6 Å². The minimum absolute atomic E-state index is 0. The highest BCUT2D eigenvalue weighted by molar-refractivity contribution is 14.0. The first-order valence-corrected chi connectivity index (χ1v) is 8.72. The molecule has 1 aliphatic rings. The van der Waals surface area contributed by atoms with E-state index in [-0.39, 0.29) is 24.0 Å². The van der Waals surface area contributed by atoms with Crippen molar-refractivity contribution >= 4 is 53.0 Å². The van der Waals surface area contributed by atoms with Crippen molar-refractivity contribution in [1.82, 2.24) is 4.98 Å². The lowest BCUT2D eigenvalue weighted by molar-refractivity contribution is 0.122. The van der Waals surface area contributed by atoms with E-state index in [9.17, 15) is 0 Å². The summed E-state index contributed by atoms with van der Waals surface area (Å²) in [5.74, 6) is 1.85. The van der Waals surface area contributed by atoms with Gasteiger partial charge in [0.05, 0.1) is 31.9 Å². The number of morpholine rings is 1. The molecule has 0 aliphatic carbocycles. The van der Waals surface area contributed by atoms with Crippen molar-refractivity contribution in [3.63, 3.8) is 0 Å². The number of guanidine groups is 1. The summed E-state index contributed by atoms with van der Waals surface area (Å²) >= 11 is 6.12. The SMILES string of the molecule is COc1ccc(NC(N)=NCc2cccnc2N2CCOCC2)cc1Cl.I. The van der Waals surface area contributed by atoms with Crippen LogP contribution in [0, 0.1) is 0 Å². The van der Waals surface area contributed by atoms with Crippen molar-refractivity contribution in [2.45, 2.75) is 6.54 Å². The fraction of sp³-hybridized carbons (Fsp3) is 0.333. The van der Waals surface area contributed by atoms with E-state index in [1.54, 1.807) is 25.4 Å². The van der Waals surface area contributed by atoms with Crippen LogP contribution in [0.1, 0.15) is 5.56 Å². The number of benzene rings is 1. The number of anilines is 2. The maximum absolute atomic E-state index is 6.12. The molecule has 0 radical (unpaired) electrons. The molecule has 0 saturated carbocycles. The van der Waals surface area contributed by atoms with Crippen molar-refractivity contribution in [2.24, 2.45) is 10.7 Å². The van der Waals surface area contributed by atoms with Crippen LogP contribution in [0.3, 0.4) is 0 Å². The first-order valence-electron chi connectivity index (χ1n) is 8.34. The van der Waals surface area contributed by atoms with Gasteiger partial charge in [0.1, 0.15) is 11.6 Å². The maximum Gasteiger partial charge on any atom is 0.193 e. The van der Waals surface area contributed by atoms with E-state index in [1.165, 1.54) is 0 Å². The number of nitrogens with two attached hydrogens (primary N) is 1. The minimum atomic E-state index is 0. The molecule has 0 bridgehead atoms. The molecule has 0 amide bonds. The zero-order chi connectivity index (χ0) is 18.4. The fourth-order valence-corrected chi connectivity index (χ4v) is 2.97. The summed E-state index contributed by atoms with van der Waals surface area (Å²) in [4.78, 5) is 11.1. The number of nitrogens with zero attached hydrogens (tertiary/aromatic N) is 3. The maximum atomic E-state index is 6.12. The molecular weight excluding hydrogens is 481 g/mol. The van der Waals surface area contributed by atoms with Gasteiger partial charge < -0.3 is 25.4 Å². The zero-order valence-electron chi connectivity index (χ0n) is 15.0. The van der Waals surface area contributed by atoms with Crippen molar-refractivity contribution < 1.29 is 9.47 Å². The molecule has 1 aliphatic heterocycles. The smallest absolute Gasteiger partial charge is 0.193 e. The van der Waals surface area contributed by atoms with Crippen LogP contribution >= 0.6 is 35.6 Å². The first-order chi connectivity index (χ1) is 12.7. The zero-order valence-corrected chi connectivity index (χ0v) is 18.1. The predicted octanol–water partition coefficient (Wildman–Crippen LogP) is 3.13. The third-order valence-corrected chi connectivity index (χ3v) is 4.32. The lowest BCUT2D eigenvalue weighted by Crippen LogP contribution is -2.37. The van der Waals surface area contributed by atoms with E-state index >= 15 is 0 Å². The van der Waals surface area contributed by atoms with Gasteiger partial charge in [-0.15, -0.1) is 24.0 Å². The van der Waals surface area contributed by atoms with Gasteiger partial charge in [0, 0.05) is 30.5 Å². The normalized spacial score (nSPS) is 14.4. The average molecular weight is 504 g/mol. The largest absolute Gasteiger partial charge is 0.495 e. The highest BCUT2D eigenvalue weighted by Crippen LogP contribution is 2.27. The summed E-state index contributed by atoms with van der Waals surface area (Å²) in [6, 6.07) is 9.26. The van der Waals surface area contributed by atoms with Crippen LogP contribution in [0.5, 0.6) is 5.75 Å². The van der Waals surface area contributed by atoms with E-state index in [0.29, 0.717) is 36.5 Å². The number of hydrogen-bond donors (Lipinski definition) is 2. The summed E-state index contributed by atoms with van der Waals surface area (Å²) in [6.07, 6.45) is 1.79. The van der Waals surface area contributed by atoms with E-state index in [4.69, 9.17) is 26.8 Å². The molecular formula is C18H23ClIN5O2. The average Bonchev–Trinajstić information content (AvgIpc) is 2.67. The van der Waals surface area contributed by atoms with Crippen LogP contribution in [-0.4, -0.2) is 44.4 Å². The van der Waals surface area contributed by atoms with Crippen molar-refractivity contribution in [3.05, 3.63) is 47.1 Å². The minimum Gasteiger partial charge on any atom is -0.495 e. The van der Waals surface area contributed by atoms with E-state index in [2.05, 4.69) is 20.2 Å². The lowest BCUT2D eigenvalue weighted by Gasteiger charge is -2.29. The molecule has 2 aromatic rings. The van der Waals surface area contributed by atoms with Crippen LogP contribution in [0.4, 0.5) is 11.5 Å². The number of rotatable bonds is 5. The Morgan fingerprint density at radius 2 is 2.15 bits per heavy atom. The van der Waals surface area contributed by atoms with E-state index < -0.39 is 0 Å². The van der Waals surface area contributed by atoms with Gasteiger partial charge in [-0.3, -0.25) is 0 Å². The Morgan fingerprint density at radius 1 is 1.37 bits per heavy atom.